The molecule has 0 saturated heterocycles. The summed E-state index contributed by atoms with van der Waals surface area (Å²) in [6, 6.07) is 13.6. The zero-order chi connectivity index (χ0) is 18.9. The second-order valence-electron chi connectivity index (χ2n) is 5.18. The van der Waals surface area contributed by atoms with E-state index in [2.05, 4.69) is 0 Å². The van der Waals surface area contributed by atoms with E-state index in [0.29, 0.717) is 17.9 Å². The maximum atomic E-state index is 13.1. The standard InChI is InChI=1S/C20H16FNO4/c1-2-25-18-8-6-14(7-9-18)10-16(12-22)20(24)26-13-19(23)15-4-3-5-17(21)11-15/h3-11H,2,13H2,1H3/b16-10+. The molecule has 0 aliphatic rings. The normalized spacial score (nSPS) is 10.7. The maximum Gasteiger partial charge on any atom is 0.349 e. The third-order valence-corrected chi connectivity index (χ3v) is 3.32. The van der Waals surface area contributed by atoms with E-state index >= 15 is 0 Å². The van der Waals surface area contributed by atoms with Crippen LogP contribution >= 0.6 is 0 Å². The minimum Gasteiger partial charge on any atom is -0.494 e. The molecule has 0 atom stereocenters. The Labute approximate surface area is 150 Å². The molecule has 0 bridgehead atoms. The Kier molecular flexibility index (Phi) is 6.63. The lowest BCUT2D eigenvalue weighted by Gasteiger charge is -2.05. The van der Waals surface area contributed by atoms with Gasteiger partial charge < -0.3 is 9.47 Å². The van der Waals surface area contributed by atoms with E-state index in [1.807, 2.05) is 6.92 Å². The average Bonchev–Trinajstić information content (AvgIpc) is 2.65. The van der Waals surface area contributed by atoms with Gasteiger partial charge in [-0.2, -0.15) is 5.26 Å². The van der Waals surface area contributed by atoms with Gasteiger partial charge in [0.25, 0.3) is 0 Å². The third kappa shape index (κ3) is 5.28. The molecule has 26 heavy (non-hydrogen) atoms. The summed E-state index contributed by atoms with van der Waals surface area (Å²) in [4.78, 5) is 23.9. The van der Waals surface area contributed by atoms with Crippen LogP contribution in [0.1, 0.15) is 22.8 Å². The quantitative estimate of drug-likeness (QED) is 0.329. The molecule has 0 aliphatic heterocycles. The number of nitrogens with zero attached hydrogens (tertiary/aromatic N) is 1. The molecule has 0 aromatic heterocycles. The molecular weight excluding hydrogens is 337 g/mol. The Balaban J connectivity index is 2.01. The summed E-state index contributed by atoms with van der Waals surface area (Å²) in [5, 5.41) is 9.14. The van der Waals surface area contributed by atoms with Crippen LogP contribution in [-0.2, 0) is 9.53 Å². The number of Topliss-reactive ketones (excluding diaryl/α,β-unsaturated/α-hetero) is 1. The summed E-state index contributed by atoms with van der Waals surface area (Å²) in [7, 11) is 0. The lowest BCUT2D eigenvalue weighted by Crippen LogP contribution is -2.15. The highest BCUT2D eigenvalue weighted by Gasteiger charge is 2.14. The number of hydrogen-bond donors (Lipinski definition) is 0. The fraction of sp³-hybridized carbons (Fsp3) is 0.150. The number of rotatable bonds is 7. The summed E-state index contributed by atoms with van der Waals surface area (Å²) in [5.74, 6) is -1.37. The first-order valence-corrected chi connectivity index (χ1v) is 7.84. The van der Waals surface area contributed by atoms with Gasteiger partial charge in [0.1, 0.15) is 23.2 Å². The van der Waals surface area contributed by atoms with Crippen LogP contribution in [0.25, 0.3) is 6.08 Å². The summed E-state index contributed by atoms with van der Waals surface area (Å²) >= 11 is 0. The fourth-order valence-electron chi connectivity index (χ4n) is 2.08. The van der Waals surface area contributed by atoms with Crippen LogP contribution in [0.4, 0.5) is 4.39 Å². The van der Waals surface area contributed by atoms with Gasteiger partial charge in [0, 0.05) is 5.56 Å². The fourth-order valence-corrected chi connectivity index (χ4v) is 2.08. The van der Waals surface area contributed by atoms with Gasteiger partial charge >= 0.3 is 5.97 Å². The van der Waals surface area contributed by atoms with Gasteiger partial charge in [-0.05, 0) is 42.8 Å². The van der Waals surface area contributed by atoms with Crippen LogP contribution < -0.4 is 4.74 Å². The number of esters is 1. The minimum atomic E-state index is -0.925. The van der Waals surface area contributed by atoms with Crippen LogP contribution in [0.2, 0.25) is 0 Å². The highest BCUT2D eigenvalue weighted by Crippen LogP contribution is 2.15. The first-order chi connectivity index (χ1) is 12.5. The molecule has 0 amide bonds. The van der Waals surface area contributed by atoms with E-state index in [9.17, 15) is 14.0 Å². The maximum absolute atomic E-state index is 13.1. The molecule has 5 nitrogen and oxygen atoms in total. The van der Waals surface area contributed by atoms with Gasteiger partial charge in [-0.3, -0.25) is 4.79 Å². The average molecular weight is 353 g/mol. The largest absolute Gasteiger partial charge is 0.494 e. The Hall–Kier alpha value is -3.46. The summed E-state index contributed by atoms with van der Waals surface area (Å²) in [6.07, 6.45) is 1.35. The molecule has 0 heterocycles. The molecule has 0 radical (unpaired) electrons. The highest BCUT2D eigenvalue weighted by atomic mass is 19.1. The molecule has 0 saturated carbocycles. The van der Waals surface area contributed by atoms with Crippen LogP contribution in [0, 0.1) is 17.1 Å². The van der Waals surface area contributed by atoms with Gasteiger partial charge in [0.15, 0.2) is 12.4 Å². The second kappa shape index (κ2) is 9.14. The van der Waals surface area contributed by atoms with Crippen molar-refractivity contribution in [2.75, 3.05) is 13.2 Å². The number of carbonyl (C=O) groups is 2. The molecule has 132 valence electrons. The molecule has 6 heteroatoms. The van der Waals surface area contributed by atoms with Gasteiger partial charge in [-0.15, -0.1) is 0 Å². The number of hydrogen-bond acceptors (Lipinski definition) is 5. The first kappa shape index (κ1) is 18.9. The minimum absolute atomic E-state index is 0.0896. The lowest BCUT2D eigenvalue weighted by atomic mass is 10.1. The van der Waals surface area contributed by atoms with Crippen molar-refractivity contribution in [2.24, 2.45) is 0 Å². The molecule has 0 aliphatic carbocycles. The SMILES string of the molecule is CCOc1ccc(/C=C(\C#N)C(=O)OCC(=O)c2cccc(F)c2)cc1. The number of carbonyl (C=O) groups excluding carboxylic acids is 2. The molecule has 2 rings (SSSR count). The Bertz CT molecular complexity index is 866. The van der Waals surface area contributed by atoms with Crippen molar-refractivity contribution in [3.05, 3.63) is 71.0 Å². The smallest absolute Gasteiger partial charge is 0.349 e. The van der Waals surface area contributed by atoms with Crippen molar-refractivity contribution in [1.29, 1.82) is 5.26 Å². The molecule has 0 fully saturated rings. The van der Waals surface area contributed by atoms with Crippen molar-refractivity contribution in [3.63, 3.8) is 0 Å². The van der Waals surface area contributed by atoms with Gasteiger partial charge in [-0.1, -0.05) is 24.3 Å². The summed E-state index contributed by atoms with van der Waals surface area (Å²) in [6.45, 7) is 1.82. The van der Waals surface area contributed by atoms with Crippen molar-refractivity contribution in [2.45, 2.75) is 6.92 Å². The zero-order valence-corrected chi connectivity index (χ0v) is 14.1. The van der Waals surface area contributed by atoms with Crippen LogP contribution in [0.3, 0.4) is 0 Å². The predicted octanol–water partition coefficient (Wildman–Crippen LogP) is 3.56. The van der Waals surface area contributed by atoms with E-state index in [4.69, 9.17) is 14.7 Å². The Morgan fingerprint density at radius 3 is 2.54 bits per heavy atom. The van der Waals surface area contributed by atoms with Crippen molar-refractivity contribution in [3.8, 4) is 11.8 Å². The Morgan fingerprint density at radius 2 is 1.92 bits per heavy atom. The first-order valence-electron chi connectivity index (χ1n) is 7.84. The summed E-state index contributed by atoms with van der Waals surface area (Å²) in [5.41, 5.74) is 0.450. The van der Waals surface area contributed by atoms with E-state index in [1.54, 1.807) is 30.3 Å². The van der Waals surface area contributed by atoms with Gasteiger partial charge in [0.2, 0.25) is 0 Å². The molecule has 2 aromatic carbocycles. The predicted molar refractivity (Wildman–Crippen MR) is 92.9 cm³/mol. The number of ether oxygens (including phenoxy) is 2. The Morgan fingerprint density at radius 1 is 1.19 bits per heavy atom. The number of benzene rings is 2. The van der Waals surface area contributed by atoms with E-state index in [1.165, 1.54) is 24.3 Å². The summed E-state index contributed by atoms with van der Waals surface area (Å²) < 4.78 is 23.3. The van der Waals surface area contributed by atoms with Crippen molar-refractivity contribution < 1.29 is 23.5 Å². The monoisotopic (exact) mass is 353 g/mol. The molecular formula is C20H16FNO4. The topological polar surface area (TPSA) is 76.4 Å². The van der Waals surface area contributed by atoms with E-state index in [-0.39, 0.29) is 11.1 Å². The van der Waals surface area contributed by atoms with Crippen LogP contribution in [0.15, 0.2) is 54.1 Å². The van der Waals surface area contributed by atoms with Crippen LogP contribution in [0.5, 0.6) is 5.75 Å². The third-order valence-electron chi connectivity index (χ3n) is 3.32. The molecule has 0 N–H and O–H groups in total. The second-order valence-corrected chi connectivity index (χ2v) is 5.18. The molecule has 2 aromatic rings. The highest BCUT2D eigenvalue weighted by molar-refractivity contribution is 6.01. The van der Waals surface area contributed by atoms with Gasteiger partial charge in [-0.25, -0.2) is 9.18 Å². The zero-order valence-electron chi connectivity index (χ0n) is 14.1. The van der Waals surface area contributed by atoms with Crippen LogP contribution in [-0.4, -0.2) is 25.0 Å². The number of nitriles is 1. The lowest BCUT2D eigenvalue weighted by molar-refractivity contribution is -0.137. The number of ketones is 1. The number of halogens is 1. The van der Waals surface area contributed by atoms with Crippen molar-refractivity contribution >= 4 is 17.8 Å². The molecule has 0 spiro atoms. The van der Waals surface area contributed by atoms with Crippen molar-refractivity contribution in [1.82, 2.24) is 0 Å². The van der Waals surface area contributed by atoms with E-state index in [0.717, 1.165) is 6.07 Å². The molecule has 0 unspecified atom stereocenters. The van der Waals surface area contributed by atoms with E-state index < -0.39 is 24.2 Å². The van der Waals surface area contributed by atoms with Gasteiger partial charge in [0.05, 0.1) is 6.61 Å².